The minimum absolute atomic E-state index is 0.0433. The Bertz CT molecular complexity index is 629. The molecule has 118 valence electrons. The number of rotatable bonds is 5. The van der Waals surface area contributed by atoms with Gasteiger partial charge < -0.3 is 15.2 Å². The molecular formula is C16H16F3NO2. The largest absolute Gasteiger partial charge is 0.493 e. The Kier molecular flexibility index (Phi) is 4.92. The third-order valence-electron chi connectivity index (χ3n) is 3.13. The molecule has 2 aromatic carbocycles. The summed E-state index contributed by atoms with van der Waals surface area (Å²) in [6.45, 7) is 0.0433. The second-order valence-corrected chi connectivity index (χ2v) is 4.69. The normalized spacial score (nSPS) is 12.8. The van der Waals surface area contributed by atoms with Crippen LogP contribution in [0.3, 0.4) is 0 Å². The fourth-order valence-corrected chi connectivity index (χ4v) is 1.96. The summed E-state index contributed by atoms with van der Waals surface area (Å²) in [5.41, 5.74) is 5.55. The molecule has 2 rings (SSSR count). The number of nitrogens with two attached hydrogens (primary N) is 1. The Morgan fingerprint density at radius 3 is 2.36 bits per heavy atom. The van der Waals surface area contributed by atoms with Crippen LogP contribution in [0.15, 0.2) is 48.5 Å². The number of para-hydroxylation sites is 2. The van der Waals surface area contributed by atoms with Crippen LogP contribution >= 0.6 is 0 Å². The summed E-state index contributed by atoms with van der Waals surface area (Å²) in [5, 5.41) is 0. The van der Waals surface area contributed by atoms with Gasteiger partial charge in [0.1, 0.15) is 6.61 Å². The van der Waals surface area contributed by atoms with E-state index in [1.807, 2.05) is 0 Å². The van der Waals surface area contributed by atoms with Gasteiger partial charge >= 0.3 is 6.18 Å². The van der Waals surface area contributed by atoms with E-state index in [2.05, 4.69) is 0 Å². The van der Waals surface area contributed by atoms with Crippen LogP contribution in [0.4, 0.5) is 13.2 Å². The lowest BCUT2D eigenvalue weighted by Gasteiger charge is -2.16. The van der Waals surface area contributed by atoms with E-state index in [1.54, 1.807) is 30.3 Å². The van der Waals surface area contributed by atoms with Crippen molar-refractivity contribution in [3.63, 3.8) is 0 Å². The Morgan fingerprint density at radius 2 is 1.73 bits per heavy atom. The molecule has 0 heterocycles. The molecule has 0 fully saturated rings. The van der Waals surface area contributed by atoms with Crippen molar-refractivity contribution >= 4 is 0 Å². The molecule has 0 radical (unpaired) electrons. The molecular weight excluding hydrogens is 295 g/mol. The van der Waals surface area contributed by atoms with Gasteiger partial charge in [-0.15, -0.1) is 0 Å². The summed E-state index contributed by atoms with van der Waals surface area (Å²) in [5.74, 6) is 1.03. The smallest absolute Gasteiger partial charge is 0.416 e. The van der Waals surface area contributed by atoms with Crippen LogP contribution in [0, 0.1) is 0 Å². The molecule has 0 saturated heterocycles. The summed E-state index contributed by atoms with van der Waals surface area (Å²) in [6.07, 6.45) is -4.39. The van der Waals surface area contributed by atoms with Crippen molar-refractivity contribution < 1.29 is 22.6 Å². The predicted molar refractivity (Wildman–Crippen MR) is 76.9 cm³/mol. The van der Waals surface area contributed by atoms with Crippen LogP contribution in [0.25, 0.3) is 0 Å². The van der Waals surface area contributed by atoms with Crippen LogP contribution < -0.4 is 15.2 Å². The zero-order chi connectivity index (χ0) is 16.2. The van der Waals surface area contributed by atoms with Crippen LogP contribution in [0.5, 0.6) is 11.5 Å². The minimum Gasteiger partial charge on any atom is -0.493 e. The van der Waals surface area contributed by atoms with Crippen molar-refractivity contribution in [3.8, 4) is 11.5 Å². The first kappa shape index (κ1) is 16.2. The van der Waals surface area contributed by atoms with Gasteiger partial charge in [0, 0.05) is 0 Å². The van der Waals surface area contributed by atoms with Gasteiger partial charge in [0.2, 0.25) is 0 Å². The fraction of sp³-hybridized carbons (Fsp3) is 0.250. The SMILES string of the molecule is COc1ccccc1OCC(N)c1cccc(C(F)(F)F)c1. The fourth-order valence-electron chi connectivity index (χ4n) is 1.96. The van der Waals surface area contributed by atoms with Crippen molar-refractivity contribution in [2.45, 2.75) is 12.2 Å². The number of methoxy groups -OCH3 is 1. The minimum atomic E-state index is -4.39. The van der Waals surface area contributed by atoms with E-state index in [-0.39, 0.29) is 6.61 Å². The zero-order valence-electron chi connectivity index (χ0n) is 11.9. The van der Waals surface area contributed by atoms with Gasteiger partial charge in [-0.1, -0.05) is 24.3 Å². The highest BCUT2D eigenvalue weighted by Crippen LogP contribution is 2.31. The van der Waals surface area contributed by atoms with Gasteiger partial charge in [-0.3, -0.25) is 0 Å². The lowest BCUT2D eigenvalue weighted by molar-refractivity contribution is -0.137. The van der Waals surface area contributed by atoms with Crippen LogP contribution in [-0.2, 0) is 6.18 Å². The van der Waals surface area contributed by atoms with Crippen LogP contribution in [0.1, 0.15) is 17.2 Å². The molecule has 2 aromatic rings. The first-order chi connectivity index (χ1) is 10.4. The van der Waals surface area contributed by atoms with Gasteiger partial charge in [0.05, 0.1) is 18.7 Å². The maximum Gasteiger partial charge on any atom is 0.416 e. The zero-order valence-corrected chi connectivity index (χ0v) is 11.9. The van der Waals surface area contributed by atoms with Crippen molar-refractivity contribution in [1.29, 1.82) is 0 Å². The monoisotopic (exact) mass is 311 g/mol. The van der Waals surface area contributed by atoms with E-state index in [0.717, 1.165) is 12.1 Å². The second-order valence-electron chi connectivity index (χ2n) is 4.69. The first-order valence-corrected chi connectivity index (χ1v) is 6.60. The molecule has 0 aliphatic rings. The van der Waals surface area contributed by atoms with E-state index in [1.165, 1.54) is 13.2 Å². The van der Waals surface area contributed by atoms with Crippen LogP contribution in [-0.4, -0.2) is 13.7 Å². The van der Waals surface area contributed by atoms with Crippen molar-refractivity contribution in [1.82, 2.24) is 0 Å². The lowest BCUT2D eigenvalue weighted by atomic mass is 10.0. The standard InChI is InChI=1S/C16H16F3NO2/c1-21-14-7-2-3-8-15(14)22-10-13(20)11-5-4-6-12(9-11)16(17,18)19/h2-9,13H,10,20H2,1H3. The Labute approximate surface area is 126 Å². The van der Waals surface area contributed by atoms with Gasteiger partial charge in [-0.25, -0.2) is 0 Å². The summed E-state index contributed by atoms with van der Waals surface area (Å²) in [6, 6.07) is 11.3. The molecule has 0 aliphatic heterocycles. The highest BCUT2D eigenvalue weighted by molar-refractivity contribution is 5.39. The number of ether oxygens (including phenoxy) is 2. The number of benzene rings is 2. The van der Waals surface area contributed by atoms with E-state index in [0.29, 0.717) is 17.1 Å². The first-order valence-electron chi connectivity index (χ1n) is 6.60. The summed E-state index contributed by atoms with van der Waals surface area (Å²) in [4.78, 5) is 0. The number of alkyl halides is 3. The molecule has 0 aliphatic carbocycles. The highest BCUT2D eigenvalue weighted by atomic mass is 19.4. The maximum atomic E-state index is 12.7. The topological polar surface area (TPSA) is 44.5 Å². The van der Waals surface area contributed by atoms with E-state index < -0.39 is 17.8 Å². The molecule has 0 bridgehead atoms. The number of halogens is 3. The summed E-state index contributed by atoms with van der Waals surface area (Å²) < 4.78 is 48.7. The van der Waals surface area contributed by atoms with Crippen molar-refractivity contribution in [3.05, 3.63) is 59.7 Å². The van der Waals surface area contributed by atoms with Crippen molar-refractivity contribution in [2.75, 3.05) is 13.7 Å². The van der Waals surface area contributed by atoms with Gasteiger partial charge in [0.15, 0.2) is 11.5 Å². The van der Waals surface area contributed by atoms with Gasteiger partial charge in [0.25, 0.3) is 0 Å². The Balaban J connectivity index is 2.08. The Hall–Kier alpha value is -2.21. The molecule has 0 aromatic heterocycles. The molecule has 1 unspecified atom stereocenters. The molecule has 3 nitrogen and oxygen atoms in total. The van der Waals surface area contributed by atoms with E-state index >= 15 is 0 Å². The predicted octanol–water partition coefficient (Wildman–Crippen LogP) is 3.79. The average molecular weight is 311 g/mol. The summed E-state index contributed by atoms with van der Waals surface area (Å²) in [7, 11) is 1.51. The maximum absolute atomic E-state index is 12.7. The third kappa shape index (κ3) is 3.92. The lowest BCUT2D eigenvalue weighted by Crippen LogP contribution is -2.20. The molecule has 0 amide bonds. The Morgan fingerprint density at radius 1 is 1.05 bits per heavy atom. The molecule has 2 N–H and O–H groups in total. The molecule has 0 saturated carbocycles. The molecule has 1 atom stereocenters. The second kappa shape index (κ2) is 6.70. The van der Waals surface area contributed by atoms with E-state index in [4.69, 9.17) is 15.2 Å². The van der Waals surface area contributed by atoms with Crippen molar-refractivity contribution in [2.24, 2.45) is 5.73 Å². The molecule has 6 heteroatoms. The van der Waals surface area contributed by atoms with Gasteiger partial charge in [-0.2, -0.15) is 13.2 Å². The van der Waals surface area contributed by atoms with Crippen LogP contribution in [0.2, 0.25) is 0 Å². The van der Waals surface area contributed by atoms with E-state index in [9.17, 15) is 13.2 Å². The van der Waals surface area contributed by atoms with Gasteiger partial charge in [-0.05, 0) is 29.8 Å². The quantitative estimate of drug-likeness (QED) is 0.913. The third-order valence-corrected chi connectivity index (χ3v) is 3.13. The highest BCUT2D eigenvalue weighted by Gasteiger charge is 2.30. The average Bonchev–Trinajstić information content (AvgIpc) is 2.52. The molecule has 22 heavy (non-hydrogen) atoms. The summed E-state index contributed by atoms with van der Waals surface area (Å²) >= 11 is 0. The molecule has 0 spiro atoms. The number of hydrogen-bond acceptors (Lipinski definition) is 3. The number of hydrogen-bond donors (Lipinski definition) is 1.